The van der Waals surface area contributed by atoms with Crippen LogP contribution in [0.1, 0.15) is 11.1 Å². The van der Waals surface area contributed by atoms with Crippen molar-refractivity contribution in [1.29, 1.82) is 0 Å². The second-order valence-corrected chi connectivity index (χ2v) is 7.07. The summed E-state index contributed by atoms with van der Waals surface area (Å²) in [4.78, 5) is 13.2. The van der Waals surface area contributed by atoms with Crippen LogP contribution in [0.25, 0.3) is 0 Å². The molecule has 0 aliphatic rings. The molecule has 1 amide bonds. The second-order valence-electron chi connectivity index (χ2n) is 4.80. The molecule has 0 atom stereocenters. The van der Waals surface area contributed by atoms with Crippen LogP contribution in [-0.4, -0.2) is 17.9 Å². The van der Waals surface area contributed by atoms with Crippen molar-refractivity contribution in [2.75, 3.05) is 17.3 Å². The summed E-state index contributed by atoms with van der Waals surface area (Å²) in [5.41, 5.74) is 2.91. The van der Waals surface area contributed by atoms with Crippen LogP contribution in [0, 0.1) is 6.92 Å². The van der Waals surface area contributed by atoms with E-state index in [4.69, 9.17) is 11.6 Å². The Labute approximate surface area is 145 Å². The van der Waals surface area contributed by atoms with Gasteiger partial charge in [-0.2, -0.15) is 0 Å². The summed E-state index contributed by atoms with van der Waals surface area (Å²) in [6.45, 7) is 1.90. The second kappa shape index (κ2) is 8.51. The number of rotatable bonds is 6. The average molecular weight is 352 g/mol. The molecule has 0 bridgehead atoms. The third kappa shape index (κ3) is 4.97. The van der Waals surface area contributed by atoms with Crippen molar-refractivity contribution in [1.82, 2.24) is 0 Å². The van der Waals surface area contributed by atoms with Gasteiger partial charge >= 0.3 is 0 Å². The van der Waals surface area contributed by atoms with Crippen LogP contribution in [0.4, 0.5) is 5.69 Å². The molecule has 2 rings (SSSR count). The lowest BCUT2D eigenvalue weighted by Gasteiger charge is -2.09. The van der Waals surface area contributed by atoms with Gasteiger partial charge in [0.25, 0.3) is 0 Å². The molecule has 5 heteroatoms. The first-order valence-corrected chi connectivity index (χ1v) is 9.61. The number of hydrogen-bond donors (Lipinski definition) is 1. The Morgan fingerprint density at radius 3 is 2.59 bits per heavy atom. The molecule has 0 unspecified atom stereocenters. The molecule has 0 spiro atoms. The van der Waals surface area contributed by atoms with E-state index >= 15 is 0 Å². The lowest BCUT2D eigenvalue weighted by molar-refractivity contribution is -0.113. The van der Waals surface area contributed by atoms with Gasteiger partial charge in [-0.25, -0.2) is 0 Å². The maximum absolute atomic E-state index is 12.0. The summed E-state index contributed by atoms with van der Waals surface area (Å²) in [7, 11) is 0. The van der Waals surface area contributed by atoms with Gasteiger partial charge in [-0.3, -0.25) is 4.79 Å². The standard InChI is InChI=1S/C17H18ClNOS2/c1-12-15(18)4-3-5-16(12)19-17(20)11-22-10-13-6-8-14(21-2)9-7-13/h3-9H,10-11H2,1-2H3,(H,19,20). The molecule has 1 N–H and O–H groups in total. The minimum absolute atomic E-state index is 0.00361. The largest absolute Gasteiger partial charge is 0.325 e. The molecular formula is C17H18ClNOS2. The molecular weight excluding hydrogens is 334 g/mol. The van der Waals surface area contributed by atoms with Gasteiger partial charge in [0.2, 0.25) is 5.91 Å². The number of carbonyl (C=O) groups is 1. The van der Waals surface area contributed by atoms with E-state index in [-0.39, 0.29) is 5.91 Å². The van der Waals surface area contributed by atoms with Crippen LogP contribution >= 0.6 is 35.1 Å². The quantitative estimate of drug-likeness (QED) is 0.721. The molecule has 0 aliphatic heterocycles. The molecule has 0 radical (unpaired) electrons. The third-order valence-electron chi connectivity index (χ3n) is 3.20. The molecule has 0 aromatic heterocycles. The third-order valence-corrected chi connectivity index (χ3v) is 5.36. The number of thioether (sulfide) groups is 2. The number of carbonyl (C=O) groups excluding carboxylic acids is 1. The Morgan fingerprint density at radius 2 is 1.91 bits per heavy atom. The molecule has 0 fully saturated rings. The Kier molecular flexibility index (Phi) is 6.68. The normalized spacial score (nSPS) is 10.5. The molecule has 0 saturated heterocycles. The summed E-state index contributed by atoms with van der Waals surface area (Å²) in [5, 5.41) is 3.57. The van der Waals surface area contributed by atoms with E-state index in [1.807, 2.05) is 25.1 Å². The van der Waals surface area contributed by atoms with Crippen LogP contribution in [-0.2, 0) is 10.5 Å². The molecule has 2 nitrogen and oxygen atoms in total. The van der Waals surface area contributed by atoms with Gasteiger partial charge in [-0.1, -0.05) is 29.8 Å². The molecule has 0 aliphatic carbocycles. The monoisotopic (exact) mass is 351 g/mol. The van der Waals surface area contributed by atoms with Gasteiger partial charge in [0, 0.05) is 21.4 Å². The van der Waals surface area contributed by atoms with Gasteiger partial charge in [-0.05, 0) is 48.6 Å². The molecule has 22 heavy (non-hydrogen) atoms. The highest BCUT2D eigenvalue weighted by Crippen LogP contribution is 2.23. The zero-order valence-corrected chi connectivity index (χ0v) is 14.9. The summed E-state index contributed by atoms with van der Waals surface area (Å²) in [6, 6.07) is 14.0. The van der Waals surface area contributed by atoms with Gasteiger partial charge < -0.3 is 5.32 Å². The molecule has 0 saturated carbocycles. The molecule has 116 valence electrons. The SMILES string of the molecule is CSc1ccc(CSCC(=O)Nc2cccc(Cl)c2C)cc1. The topological polar surface area (TPSA) is 29.1 Å². The zero-order chi connectivity index (χ0) is 15.9. The highest BCUT2D eigenvalue weighted by atomic mass is 35.5. The van der Waals surface area contributed by atoms with E-state index < -0.39 is 0 Å². The lowest BCUT2D eigenvalue weighted by Crippen LogP contribution is -2.15. The number of halogens is 1. The summed E-state index contributed by atoms with van der Waals surface area (Å²) in [5.74, 6) is 1.25. The fourth-order valence-corrected chi connectivity index (χ4v) is 3.28. The first-order valence-electron chi connectivity index (χ1n) is 6.86. The average Bonchev–Trinajstić information content (AvgIpc) is 2.52. The van der Waals surface area contributed by atoms with Gasteiger partial charge in [0.1, 0.15) is 0 Å². The van der Waals surface area contributed by atoms with E-state index in [0.717, 1.165) is 17.0 Å². The number of nitrogens with one attached hydrogen (secondary N) is 1. The Hall–Kier alpha value is -1.10. The lowest BCUT2D eigenvalue weighted by atomic mass is 10.2. The Balaban J connectivity index is 1.81. The van der Waals surface area contributed by atoms with Crippen molar-refractivity contribution in [2.24, 2.45) is 0 Å². The maximum Gasteiger partial charge on any atom is 0.234 e. The predicted molar refractivity (Wildman–Crippen MR) is 99.2 cm³/mol. The van der Waals surface area contributed by atoms with Crippen molar-refractivity contribution in [2.45, 2.75) is 17.6 Å². The van der Waals surface area contributed by atoms with Crippen molar-refractivity contribution >= 4 is 46.7 Å². The van der Waals surface area contributed by atoms with Crippen molar-refractivity contribution in [3.8, 4) is 0 Å². The molecule has 2 aromatic carbocycles. The van der Waals surface area contributed by atoms with Crippen molar-refractivity contribution in [3.05, 3.63) is 58.6 Å². The zero-order valence-electron chi connectivity index (χ0n) is 12.6. The molecule has 0 heterocycles. The predicted octanol–water partition coefficient (Wildman–Crippen LogP) is 5.24. The first kappa shape index (κ1) is 17.3. The van der Waals surface area contributed by atoms with E-state index in [1.54, 1.807) is 23.5 Å². The smallest absolute Gasteiger partial charge is 0.234 e. The van der Waals surface area contributed by atoms with Gasteiger partial charge in [0.05, 0.1) is 5.75 Å². The summed E-state index contributed by atoms with van der Waals surface area (Å²) >= 11 is 9.38. The highest BCUT2D eigenvalue weighted by Gasteiger charge is 2.07. The van der Waals surface area contributed by atoms with E-state index in [2.05, 4.69) is 35.8 Å². The van der Waals surface area contributed by atoms with E-state index in [1.165, 1.54) is 10.5 Å². The van der Waals surface area contributed by atoms with Crippen LogP contribution in [0.2, 0.25) is 5.02 Å². The first-order chi connectivity index (χ1) is 10.6. The number of amides is 1. The van der Waals surface area contributed by atoms with Crippen molar-refractivity contribution < 1.29 is 4.79 Å². The van der Waals surface area contributed by atoms with Gasteiger partial charge in [0.15, 0.2) is 0 Å². The van der Waals surface area contributed by atoms with Crippen molar-refractivity contribution in [3.63, 3.8) is 0 Å². The van der Waals surface area contributed by atoms with Crippen LogP contribution in [0.15, 0.2) is 47.4 Å². The Morgan fingerprint density at radius 1 is 1.18 bits per heavy atom. The summed E-state index contributed by atoms with van der Waals surface area (Å²) in [6.07, 6.45) is 2.06. The van der Waals surface area contributed by atoms with Crippen LogP contribution < -0.4 is 5.32 Å². The Bertz CT molecular complexity index is 644. The van der Waals surface area contributed by atoms with Crippen LogP contribution in [0.5, 0.6) is 0 Å². The fourth-order valence-electron chi connectivity index (χ4n) is 1.91. The van der Waals surface area contributed by atoms with Gasteiger partial charge in [-0.15, -0.1) is 23.5 Å². The number of hydrogen-bond acceptors (Lipinski definition) is 3. The fraction of sp³-hybridized carbons (Fsp3) is 0.235. The highest BCUT2D eigenvalue weighted by molar-refractivity contribution is 7.99. The minimum Gasteiger partial charge on any atom is -0.325 e. The van der Waals surface area contributed by atoms with E-state index in [9.17, 15) is 4.79 Å². The number of benzene rings is 2. The summed E-state index contributed by atoms with van der Waals surface area (Å²) < 4.78 is 0. The minimum atomic E-state index is -0.00361. The maximum atomic E-state index is 12.0. The van der Waals surface area contributed by atoms with E-state index in [0.29, 0.717) is 10.8 Å². The van der Waals surface area contributed by atoms with Crippen LogP contribution in [0.3, 0.4) is 0 Å². The molecule has 2 aromatic rings. The number of anilines is 1.